The molecule has 0 aliphatic carbocycles. The van der Waals surface area contributed by atoms with Gasteiger partial charge in [-0.05, 0) is 61.3 Å². The van der Waals surface area contributed by atoms with Gasteiger partial charge in [-0.25, -0.2) is 4.39 Å². The number of rotatable bonds is 11. The van der Waals surface area contributed by atoms with Crippen LogP contribution in [-0.4, -0.2) is 37.8 Å². The summed E-state index contributed by atoms with van der Waals surface area (Å²) in [4.78, 5) is 2.09. The summed E-state index contributed by atoms with van der Waals surface area (Å²) in [6.45, 7) is 5.48. The number of likely N-dealkylation sites (N-methyl/N-ethyl adjacent to an activating group) is 1. The van der Waals surface area contributed by atoms with Gasteiger partial charge in [0.25, 0.3) is 0 Å². The van der Waals surface area contributed by atoms with Crippen molar-refractivity contribution in [3.05, 3.63) is 102 Å². The van der Waals surface area contributed by atoms with E-state index in [1.807, 2.05) is 81.7 Å². The van der Waals surface area contributed by atoms with Crippen molar-refractivity contribution in [3.63, 3.8) is 0 Å². The number of nitrogens with zero attached hydrogens (tertiary/aromatic N) is 1. The molecule has 0 heterocycles. The van der Waals surface area contributed by atoms with Gasteiger partial charge in [-0.15, -0.1) is 0 Å². The summed E-state index contributed by atoms with van der Waals surface area (Å²) in [5, 5.41) is 0. The second kappa shape index (κ2) is 11.8. The first kappa shape index (κ1) is 24.7. The molecule has 3 heteroatoms. The maximum absolute atomic E-state index is 16.7. The molecule has 3 aromatic carbocycles. The molecule has 3 aromatic rings. The van der Waals surface area contributed by atoms with Crippen LogP contribution in [0.15, 0.2) is 84.9 Å². The molecule has 0 amide bonds. The van der Waals surface area contributed by atoms with Crippen LogP contribution in [0.5, 0.6) is 5.75 Å². The summed E-state index contributed by atoms with van der Waals surface area (Å²) >= 11 is 0. The van der Waals surface area contributed by atoms with Gasteiger partial charge in [0.2, 0.25) is 0 Å². The van der Waals surface area contributed by atoms with E-state index in [2.05, 4.69) is 36.1 Å². The zero-order chi connectivity index (χ0) is 23.7. The maximum Gasteiger partial charge on any atom is 0.136 e. The first-order valence-corrected chi connectivity index (χ1v) is 11.9. The molecule has 0 aliphatic rings. The van der Waals surface area contributed by atoms with Gasteiger partial charge in [0.1, 0.15) is 18.0 Å². The predicted molar refractivity (Wildman–Crippen MR) is 138 cm³/mol. The maximum atomic E-state index is 16.7. The first-order chi connectivity index (χ1) is 16.0. The van der Waals surface area contributed by atoms with E-state index in [0.717, 1.165) is 46.6 Å². The number of allylic oxidation sites excluding steroid dienone is 1. The van der Waals surface area contributed by atoms with E-state index < -0.39 is 5.67 Å². The van der Waals surface area contributed by atoms with Gasteiger partial charge in [0, 0.05) is 12.1 Å². The Morgan fingerprint density at radius 3 is 1.85 bits per heavy atom. The number of hydrogen-bond acceptors (Lipinski definition) is 2. The summed E-state index contributed by atoms with van der Waals surface area (Å²) in [6, 6.07) is 28.3. The number of halogens is 1. The van der Waals surface area contributed by atoms with Crippen molar-refractivity contribution >= 4 is 11.1 Å². The summed E-state index contributed by atoms with van der Waals surface area (Å²) in [6.07, 6.45) is 1.68. The molecule has 0 aliphatic heterocycles. The topological polar surface area (TPSA) is 12.5 Å². The molecule has 2 nitrogen and oxygen atoms in total. The van der Waals surface area contributed by atoms with Gasteiger partial charge < -0.3 is 9.64 Å². The van der Waals surface area contributed by atoms with Crippen molar-refractivity contribution in [1.82, 2.24) is 4.90 Å². The Balaban J connectivity index is 2.19. The first-order valence-electron chi connectivity index (χ1n) is 11.9. The lowest BCUT2D eigenvalue weighted by Gasteiger charge is -2.31. The lowest BCUT2D eigenvalue weighted by molar-refractivity contribution is 0.218. The molecule has 0 saturated heterocycles. The van der Waals surface area contributed by atoms with Crippen molar-refractivity contribution in [1.29, 1.82) is 0 Å². The van der Waals surface area contributed by atoms with Crippen LogP contribution in [0.1, 0.15) is 49.8 Å². The minimum Gasteiger partial charge on any atom is -0.492 e. The van der Waals surface area contributed by atoms with Crippen LogP contribution in [0.25, 0.3) is 11.1 Å². The van der Waals surface area contributed by atoms with Crippen molar-refractivity contribution in [3.8, 4) is 5.75 Å². The Bertz CT molecular complexity index is 1010. The van der Waals surface area contributed by atoms with Crippen LogP contribution in [-0.2, 0) is 0 Å². The number of alkyl halides is 1. The molecule has 33 heavy (non-hydrogen) atoms. The highest BCUT2D eigenvalue weighted by Gasteiger charge is 2.35. The fourth-order valence-corrected chi connectivity index (χ4v) is 4.23. The molecular weight excluding hydrogens is 409 g/mol. The average molecular weight is 446 g/mol. The zero-order valence-electron chi connectivity index (χ0n) is 20.4. The molecule has 0 aromatic heterocycles. The summed E-state index contributed by atoms with van der Waals surface area (Å²) in [7, 11) is 4.06. The molecular formula is C30H36FNO. The van der Waals surface area contributed by atoms with Crippen LogP contribution in [0, 0.1) is 0 Å². The highest BCUT2D eigenvalue weighted by Crippen LogP contribution is 2.45. The Morgan fingerprint density at radius 1 is 0.788 bits per heavy atom. The smallest absolute Gasteiger partial charge is 0.136 e. The van der Waals surface area contributed by atoms with Crippen molar-refractivity contribution in [2.24, 2.45) is 0 Å². The van der Waals surface area contributed by atoms with Crippen molar-refractivity contribution in [2.75, 3.05) is 27.2 Å². The molecule has 0 N–H and O–H groups in total. The van der Waals surface area contributed by atoms with Crippen molar-refractivity contribution < 1.29 is 9.13 Å². The van der Waals surface area contributed by atoms with E-state index in [9.17, 15) is 0 Å². The third-order valence-corrected chi connectivity index (χ3v) is 5.98. The lowest BCUT2D eigenvalue weighted by Crippen LogP contribution is -2.25. The summed E-state index contributed by atoms with van der Waals surface area (Å²) < 4.78 is 22.6. The molecule has 0 radical (unpaired) electrons. The van der Waals surface area contributed by atoms with Crippen LogP contribution in [0.4, 0.5) is 4.39 Å². The van der Waals surface area contributed by atoms with Crippen LogP contribution in [0.3, 0.4) is 0 Å². The molecule has 174 valence electrons. The second-order valence-electron chi connectivity index (χ2n) is 8.73. The van der Waals surface area contributed by atoms with E-state index >= 15 is 4.39 Å². The normalized spacial score (nSPS) is 14.0. The number of ether oxygens (including phenoxy) is 1. The predicted octanol–water partition coefficient (Wildman–Crippen LogP) is 7.50. The molecule has 1 unspecified atom stereocenters. The largest absolute Gasteiger partial charge is 0.492 e. The molecule has 3 rings (SSSR count). The SMILES string of the molecule is CCCC(F)(CC)/C(=C(\c1ccccc1)c1ccc(OCCN(C)C)cc1)c1ccccc1. The Labute approximate surface area is 198 Å². The van der Waals surface area contributed by atoms with E-state index in [-0.39, 0.29) is 0 Å². The lowest BCUT2D eigenvalue weighted by atomic mass is 9.77. The van der Waals surface area contributed by atoms with Gasteiger partial charge >= 0.3 is 0 Å². The highest BCUT2D eigenvalue weighted by molar-refractivity contribution is 6.01. The Hall–Kier alpha value is -2.91. The average Bonchev–Trinajstić information content (AvgIpc) is 2.84. The molecule has 0 spiro atoms. The number of hydrogen-bond donors (Lipinski definition) is 0. The van der Waals surface area contributed by atoms with Crippen LogP contribution >= 0.6 is 0 Å². The minimum absolute atomic E-state index is 0.424. The molecule has 0 bridgehead atoms. The number of benzene rings is 3. The van der Waals surface area contributed by atoms with Gasteiger partial charge in [0.05, 0.1) is 0 Å². The second-order valence-corrected chi connectivity index (χ2v) is 8.73. The molecule has 0 saturated carbocycles. The zero-order valence-corrected chi connectivity index (χ0v) is 20.4. The van der Waals surface area contributed by atoms with Crippen molar-refractivity contribution in [2.45, 2.75) is 38.8 Å². The van der Waals surface area contributed by atoms with E-state index in [0.29, 0.717) is 19.4 Å². The third-order valence-electron chi connectivity index (χ3n) is 5.98. The van der Waals surface area contributed by atoms with Crippen LogP contribution < -0.4 is 4.74 Å². The van der Waals surface area contributed by atoms with Crippen LogP contribution in [0.2, 0.25) is 0 Å². The standard InChI is InChI=1S/C30H36FNO/c1-5-21-30(31,6-2)29(26-15-11-8-12-16-26)28(24-13-9-7-10-14-24)25-17-19-27(20-18-25)33-23-22-32(3)4/h7-20H,5-6,21-23H2,1-4H3/b29-28+. The fraction of sp³-hybridized carbons (Fsp3) is 0.333. The van der Waals surface area contributed by atoms with Gasteiger partial charge in [0.15, 0.2) is 0 Å². The Kier molecular flexibility index (Phi) is 8.85. The quantitative estimate of drug-likeness (QED) is 0.283. The molecule has 1 atom stereocenters. The van der Waals surface area contributed by atoms with E-state index in [1.54, 1.807) is 0 Å². The van der Waals surface area contributed by atoms with Gasteiger partial charge in [-0.1, -0.05) is 93.1 Å². The summed E-state index contributed by atoms with van der Waals surface area (Å²) in [5.41, 5.74) is 3.22. The van der Waals surface area contributed by atoms with Gasteiger partial charge in [-0.2, -0.15) is 0 Å². The minimum atomic E-state index is -1.43. The highest BCUT2D eigenvalue weighted by atomic mass is 19.1. The summed E-state index contributed by atoms with van der Waals surface area (Å²) in [5.74, 6) is 0.824. The van der Waals surface area contributed by atoms with E-state index in [1.165, 1.54) is 0 Å². The monoisotopic (exact) mass is 445 g/mol. The van der Waals surface area contributed by atoms with Gasteiger partial charge in [-0.3, -0.25) is 0 Å². The van der Waals surface area contributed by atoms with E-state index in [4.69, 9.17) is 4.74 Å². The Morgan fingerprint density at radius 2 is 1.33 bits per heavy atom. The fourth-order valence-electron chi connectivity index (χ4n) is 4.23. The molecule has 0 fully saturated rings. The third kappa shape index (κ3) is 6.33.